The van der Waals surface area contributed by atoms with Gasteiger partial charge in [0.25, 0.3) is 25.5 Å². The number of hydrogen-bond acceptors (Lipinski definition) is 8. The molecule has 2 heterocycles. The molecule has 5 N–H and O–H groups in total. The Morgan fingerprint density at radius 1 is 0.907 bits per heavy atom. The number of carbonyl (C=O) groups excluding carboxylic acids is 2. The molecular formula is C28H30N4O8S3. The lowest BCUT2D eigenvalue weighted by molar-refractivity contribution is -0.124. The third-order valence-corrected chi connectivity index (χ3v) is 9.19. The average molecular weight is 647 g/mol. The smallest absolute Gasteiger partial charge is 0.294 e. The summed E-state index contributed by atoms with van der Waals surface area (Å²) in [6.45, 7) is 5.59. The van der Waals surface area contributed by atoms with Crippen molar-refractivity contribution < 1.29 is 35.5 Å². The van der Waals surface area contributed by atoms with Gasteiger partial charge in [-0.15, -0.1) is 0 Å². The number of rotatable bonds is 9. The molecule has 228 valence electrons. The minimum atomic E-state index is -4.53. The summed E-state index contributed by atoms with van der Waals surface area (Å²) in [6, 6.07) is 8.16. The van der Waals surface area contributed by atoms with Crippen LogP contribution in [-0.2, 0) is 35.9 Å². The highest BCUT2D eigenvalue weighted by Gasteiger charge is 2.45. The summed E-state index contributed by atoms with van der Waals surface area (Å²) in [5, 5.41) is 7.78. The van der Waals surface area contributed by atoms with Crippen molar-refractivity contribution >= 4 is 61.1 Å². The zero-order valence-corrected chi connectivity index (χ0v) is 25.8. The highest BCUT2D eigenvalue weighted by Crippen LogP contribution is 2.45. The zero-order valence-electron chi connectivity index (χ0n) is 23.3. The molecule has 0 aliphatic carbocycles. The van der Waals surface area contributed by atoms with E-state index in [4.69, 9.17) is 0 Å². The van der Waals surface area contributed by atoms with Crippen molar-refractivity contribution in [3.8, 4) is 0 Å². The van der Waals surface area contributed by atoms with E-state index in [1.54, 1.807) is 37.3 Å². The Hall–Kier alpha value is -3.76. The van der Waals surface area contributed by atoms with Gasteiger partial charge in [0.1, 0.15) is 5.41 Å². The van der Waals surface area contributed by atoms with Gasteiger partial charge in [-0.05, 0) is 66.6 Å². The van der Waals surface area contributed by atoms with Gasteiger partial charge in [0.15, 0.2) is 0 Å². The summed E-state index contributed by atoms with van der Waals surface area (Å²) >= 11 is 3.62. The number of carbonyl (C=O) groups is 2. The molecule has 0 spiro atoms. The lowest BCUT2D eigenvalue weighted by Gasteiger charge is -2.25. The molecular weight excluding hydrogens is 617 g/mol. The molecule has 0 bridgehead atoms. The first-order chi connectivity index (χ1) is 20.0. The van der Waals surface area contributed by atoms with Crippen LogP contribution < -0.4 is 16.0 Å². The molecule has 0 aromatic heterocycles. The van der Waals surface area contributed by atoms with Crippen molar-refractivity contribution in [1.29, 1.82) is 0 Å². The quantitative estimate of drug-likeness (QED) is 0.102. The number of hydrogen-bond donors (Lipinski definition) is 6. The second kappa shape index (κ2) is 11.7. The first-order valence-corrected chi connectivity index (χ1v) is 16.2. The van der Waals surface area contributed by atoms with Crippen LogP contribution in [0.3, 0.4) is 0 Å². The second-order valence-electron chi connectivity index (χ2n) is 10.5. The Kier molecular flexibility index (Phi) is 8.77. The molecule has 1 atom stereocenters. The third kappa shape index (κ3) is 6.60. The van der Waals surface area contributed by atoms with Crippen molar-refractivity contribution in [3.63, 3.8) is 0 Å². The predicted molar refractivity (Wildman–Crippen MR) is 165 cm³/mol. The summed E-state index contributed by atoms with van der Waals surface area (Å²) < 4.78 is 65.8. The normalized spacial score (nSPS) is 20.1. The third-order valence-electron chi connectivity index (χ3n) is 7.34. The number of amides is 2. The standard InChI is InChI=1S/C28H30N4O8S3/c1-27(2)19-15-17(42(35,36)37)9-11-21(19)31-23(27)7-5-4-6-8-24-28(3,25(33)29-13-14-30-26(34)41)20-16-18(43(38,39)40)10-12-22(20)32-24/h4-12,15-16,32H,13-14H2,1-3H3,(H,29,33)(H2,30,34,41)(H,35,36,37)(H,38,39,40)/b6-4+,7-5+,24-8-. The largest absolute Gasteiger partial charge is 0.357 e. The van der Waals surface area contributed by atoms with Crippen LogP contribution in [0.1, 0.15) is 31.9 Å². The van der Waals surface area contributed by atoms with Gasteiger partial charge in [0.2, 0.25) is 5.91 Å². The van der Waals surface area contributed by atoms with E-state index in [0.717, 1.165) is 0 Å². The molecule has 2 amide bonds. The number of allylic oxidation sites excluding steroid dienone is 5. The number of nitrogens with zero attached hydrogens (tertiary/aromatic N) is 1. The molecule has 1 unspecified atom stereocenters. The van der Waals surface area contributed by atoms with Crippen LogP contribution in [0.5, 0.6) is 0 Å². The van der Waals surface area contributed by atoms with Crippen LogP contribution >= 0.6 is 12.6 Å². The van der Waals surface area contributed by atoms with Gasteiger partial charge in [0, 0.05) is 29.9 Å². The highest BCUT2D eigenvalue weighted by atomic mass is 32.2. The Morgan fingerprint density at radius 3 is 2.14 bits per heavy atom. The number of fused-ring (bicyclic) bond motifs is 2. The average Bonchev–Trinajstić information content (AvgIpc) is 3.34. The van der Waals surface area contributed by atoms with Crippen molar-refractivity contribution in [2.75, 3.05) is 18.4 Å². The first-order valence-electron chi connectivity index (χ1n) is 12.9. The van der Waals surface area contributed by atoms with E-state index in [1.165, 1.54) is 36.4 Å². The summed E-state index contributed by atoms with van der Waals surface area (Å²) in [5.41, 5.74) is 1.14. The van der Waals surface area contributed by atoms with Crippen LogP contribution in [0.15, 0.2) is 87.3 Å². The van der Waals surface area contributed by atoms with Gasteiger partial charge in [0.05, 0.1) is 21.2 Å². The second-order valence-corrected chi connectivity index (χ2v) is 13.8. The van der Waals surface area contributed by atoms with Gasteiger partial charge in [-0.25, -0.2) is 0 Å². The molecule has 43 heavy (non-hydrogen) atoms. The van der Waals surface area contributed by atoms with Crippen molar-refractivity contribution in [1.82, 2.24) is 10.6 Å². The molecule has 2 aliphatic rings. The van der Waals surface area contributed by atoms with E-state index < -0.39 is 42.2 Å². The molecule has 0 saturated carbocycles. The van der Waals surface area contributed by atoms with Gasteiger partial charge in [-0.3, -0.25) is 23.7 Å². The lowest BCUT2D eigenvalue weighted by atomic mass is 9.80. The van der Waals surface area contributed by atoms with E-state index in [2.05, 4.69) is 33.6 Å². The van der Waals surface area contributed by atoms with E-state index >= 15 is 0 Å². The maximum atomic E-state index is 13.4. The Morgan fingerprint density at radius 2 is 1.51 bits per heavy atom. The van der Waals surface area contributed by atoms with Gasteiger partial charge in [-0.1, -0.05) is 44.7 Å². The summed E-state index contributed by atoms with van der Waals surface area (Å²) in [4.78, 5) is 28.5. The minimum absolute atomic E-state index is 0.0892. The fourth-order valence-corrected chi connectivity index (χ4v) is 6.01. The first kappa shape index (κ1) is 32.2. The minimum Gasteiger partial charge on any atom is -0.357 e. The molecule has 2 aromatic rings. The van der Waals surface area contributed by atoms with Gasteiger partial charge >= 0.3 is 0 Å². The predicted octanol–water partition coefficient (Wildman–Crippen LogP) is 3.68. The monoisotopic (exact) mass is 646 g/mol. The maximum absolute atomic E-state index is 13.4. The summed E-state index contributed by atoms with van der Waals surface area (Å²) in [7, 11) is -8.89. The molecule has 2 aliphatic heterocycles. The van der Waals surface area contributed by atoms with Crippen molar-refractivity contribution in [3.05, 3.63) is 83.6 Å². The molecule has 0 fully saturated rings. The number of benzene rings is 2. The van der Waals surface area contributed by atoms with Crippen LogP contribution in [-0.4, -0.2) is 55.9 Å². The van der Waals surface area contributed by atoms with Gasteiger partial charge < -0.3 is 16.0 Å². The van der Waals surface area contributed by atoms with Crippen molar-refractivity contribution in [2.24, 2.45) is 4.99 Å². The van der Waals surface area contributed by atoms with Crippen LogP contribution in [0.25, 0.3) is 0 Å². The summed E-state index contributed by atoms with van der Waals surface area (Å²) in [5.74, 6) is -0.473. The van der Waals surface area contributed by atoms with E-state index in [9.17, 15) is 35.5 Å². The number of aliphatic imine (C=N–C) groups is 1. The topological polar surface area (TPSA) is 191 Å². The summed E-state index contributed by atoms with van der Waals surface area (Å²) in [6.07, 6.45) is 8.52. The molecule has 12 nitrogen and oxygen atoms in total. The molecule has 0 saturated heterocycles. The van der Waals surface area contributed by atoms with Gasteiger partial charge in [-0.2, -0.15) is 16.8 Å². The zero-order chi connectivity index (χ0) is 31.8. The molecule has 2 aromatic carbocycles. The highest BCUT2D eigenvalue weighted by molar-refractivity contribution is 7.96. The fourth-order valence-electron chi connectivity index (χ4n) is 4.89. The fraction of sp³-hybridized carbons (Fsp3) is 0.250. The van der Waals surface area contributed by atoms with E-state index in [1.807, 2.05) is 13.8 Å². The van der Waals surface area contributed by atoms with Crippen molar-refractivity contribution in [2.45, 2.75) is 41.4 Å². The Balaban J connectivity index is 1.59. The number of anilines is 1. The Bertz CT molecular complexity index is 1840. The number of thiol groups is 1. The SMILES string of the molecule is CC1(C)C(/C=C/C=C/C=C2\Nc3ccc(S(=O)(=O)O)cc3C2(C)C(=O)NCCNC(=O)S)=Nc2ccc(S(=O)(=O)O)cc21. The van der Waals surface area contributed by atoms with Crippen LogP contribution in [0.4, 0.5) is 16.2 Å². The van der Waals surface area contributed by atoms with E-state index in [-0.39, 0.29) is 22.9 Å². The lowest BCUT2D eigenvalue weighted by Crippen LogP contribution is -2.45. The van der Waals surface area contributed by atoms with Crippen LogP contribution in [0.2, 0.25) is 0 Å². The molecule has 0 radical (unpaired) electrons. The maximum Gasteiger partial charge on any atom is 0.294 e. The number of nitrogens with one attached hydrogen (secondary N) is 3. The van der Waals surface area contributed by atoms with E-state index in [0.29, 0.717) is 33.9 Å². The Labute approximate surface area is 255 Å². The molecule has 4 rings (SSSR count). The molecule has 15 heteroatoms. The van der Waals surface area contributed by atoms with Crippen LogP contribution in [0, 0.1) is 0 Å².